The Kier molecular flexibility index (Phi) is 2.63. The Morgan fingerprint density at radius 3 is 2.89 bits per heavy atom. The molecular formula is C15H15N3O. The van der Waals surface area contributed by atoms with Gasteiger partial charge in [-0.3, -0.25) is 4.79 Å². The molecule has 0 aliphatic carbocycles. The topological polar surface area (TPSA) is 67.2 Å². The fraction of sp³-hybridized carbons (Fsp3) is 0.133. The van der Waals surface area contributed by atoms with Gasteiger partial charge in [-0.05, 0) is 42.3 Å². The van der Waals surface area contributed by atoms with Crippen molar-refractivity contribution in [2.45, 2.75) is 13.3 Å². The summed E-state index contributed by atoms with van der Waals surface area (Å²) in [6.07, 6.45) is 0.465. The van der Waals surface area contributed by atoms with Crippen molar-refractivity contribution >= 4 is 28.7 Å². The predicted octanol–water partition coefficient (Wildman–Crippen LogP) is 2.82. The molecule has 4 N–H and O–H groups in total. The summed E-state index contributed by atoms with van der Waals surface area (Å²) >= 11 is 0. The number of hydrogen-bond acceptors (Lipinski definition) is 3. The highest BCUT2D eigenvalue weighted by atomic mass is 16.1. The summed E-state index contributed by atoms with van der Waals surface area (Å²) in [6.45, 7) is 2.02. The lowest BCUT2D eigenvalue weighted by Crippen LogP contribution is -2.03. The van der Waals surface area contributed by atoms with Crippen LogP contribution in [0.5, 0.6) is 0 Å². The number of nitrogens with one attached hydrogen (secondary N) is 2. The molecule has 2 aromatic carbocycles. The van der Waals surface area contributed by atoms with Gasteiger partial charge in [0.2, 0.25) is 5.91 Å². The Labute approximate surface area is 111 Å². The van der Waals surface area contributed by atoms with Crippen molar-refractivity contribution in [2.75, 3.05) is 16.4 Å². The molecule has 0 bridgehead atoms. The summed E-state index contributed by atoms with van der Waals surface area (Å²) in [5, 5.41) is 6.17. The minimum atomic E-state index is 0.0484. The zero-order valence-corrected chi connectivity index (χ0v) is 10.7. The van der Waals surface area contributed by atoms with E-state index >= 15 is 0 Å². The van der Waals surface area contributed by atoms with Crippen LogP contribution in [0.15, 0.2) is 36.4 Å². The molecule has 0 saturated heterocycles. The van der Waals surface area contributed by atoms with Crippen molar-refractivity contribution in [3.8, 4) is 0 Å². The van der Waals surface area contributed by atoms with Crippen molar-refractivity contribution in [1.29, 1.82) is 0 Å². The second-order valence-electron chi connectivity index (χ2n) is 4.80. The number of anilines is 4. The zero-order valence-electron chi connectivity index (χ0n) is 10.7. The first-order valence-electron chi connectivity index (χ1n) is 6.18. The van der Waals surface area contributed by atoms with E-state index in [2.05, 4.69) is 10.6 Å². The summed E-state index contributed by atoms with van der Waals surface area (Å²) in [5.41, 5.74) is 11.5. The number of nitrogen functional groups attached to an aromatic ring is 1. The summed E-state index contributed by atoms with van der Waals surface area (Å²) in [6, 6.07) is 11.7. The molecule has 0 fully saturated rings. The quantitative estimate of drug-likeness (QED) is 0.721. The largest absolute Gasteiger partial charge is 0.399 e. The van der Waals surface area contributed by atoms with Crippen molar-refractivity contribution in [2.24, 2.45) is 0 Å². The van der Waals surface area contributed by atoms with Gasteiger partial charge in [-0.25, -0.2) is 0 Å². The van der Waals surface area contributed by atoms with Crippen LogP contribution in [-0.2, 0) is 11.2 Å². The molecule has 1 aliphatic heterocycles. The number of carbonyl (C=O) groups is 1. The second-order valence-corrected chi connectivity index (χ2v) is 4.80. The smallest absolute Gasteiger partial charge is 0.228 e. The number of rotatable bonds is 2. The van der Waals surface area contributed by atoms with Crippen LogP contribution in [-0.4, -0.2) is 5.91 Å². The first kappa shape index (κ1) is 11.6. The number of aryl methyl sites for hydroxylation is 1. The maximum atomic E-state index is 11.3. The van der Waals surface area contributed by atoms with Gasteiger partial charge in [0.15, 0.2) is 0 Å². The standard InChI is InChI=1S/C15H15N3O/c1-9-2-4-11(16)7-13(9)17-12-5-3-10-6-15(19)18-14(10)8-12/h2-5,7-8,17H,6,16H2,1H3,(H,18,19). The highest BCUT2D eigenvalue weighted by molar-refractivity contribution is 5.99. The van der Waals surface area contributed by atoms with E-state index in [0.29, 0.717) is 6.42 Å². The van der Waals surface area contributed by atoms with Crippen LogP contribution in [0.3, 0.4) is 0 Å². The highest BCUT2D eigenvalue weighted by Crippen LogP contribution is 2.29. The van der Waals surface area contributed by atoms with Gasteiger partial charge in [0, 0.05) is 22.7 Å². The molecule has 0 radical (unpaired) electrons. The first-order chi connectivity index (χ1) is 9.11. The van der Waals surface area contributed by atoms with Crippen LogP contribution in [0.4, 0.5) is 22.7 Å². The van der Waals surface area contributed by atoms with E-state index in [1.54, 1.807) is 0 Å². The Hall–Kier alpha value is -2.49. The molecule has 1 aliphatic rings. The second kappa shape index (κ2) is 4.31. The molecular weight excluding hydrogens is 238 g/mol. The summed E-state index contributed by atoms with van der Waals surface area (Å²) in [4.78, 5) is 11.3. The van der Waals surface area contributed by atoms with Crippen LogP contribution < -0.4 is 16.4 Å². The van der Waals surface area contributed by atoms with E-state index in [9.17, 15) is 4.79 Å². The fourth-order valence-electron chi connectivity index (χ4n) is 2.22. The van der Waals surface area contributed by atoms with E-state index < -0.39 is 0 Å². The average molecular weight is 253 g/mol. The maximum absolute atomic E-state index is 11.3. The number of nitrogens with two attached hydrogens (primary N) is 1. The lowest BCUT2D eigenvalue weighted by molar-refractivity contribution is -0.115. The summed E-state index contributed by atoms with van der Waals surface area (Å²) in [5.74, 6) is 0.0484. The third kappa shape index (κ3) is 2.25. The van der Waals surface area contributed by atoms with Gasteiger partial charge in [-0.15, -0.1) is 0 Å². The first-order valence-corrected chi connectivity index (χ1v) is 6.18. The molecule has 4 heteroatoms. The van der Waals surface area contributed by atoms with Gasteiger partial charge in [0.25, 0.3) is 0 Å². The SMILES string of the molecule is Cc1ccc(N)cc1Nc1ccc2c(c1)NC(=O)C2. The number of amides is 1. The fourth-order valence-corrected chi connectivity index (χ4v) is 2.22. The molecule has 19 heavy (non-hydrogen) atoms. The molecule has 0 aromatic heterocycles. The monoisotopic (exact) mass is 253 g/mol. The molecule has 1 amide bonds. The van der Waals surface area contributed by atoms with Crippen molar-refractivity contribution < 1.29 is 4.79 Å². The summed E-state index contributed by atoms with van der Waals surface area (Å²) in [7, 11) is 0. The third-order valence-electron chi connectivity index (χ3n) is 3.28. The van der Waals surface area contributed by atoms with Gasteiger partial charge in [0.1, 0.15) is 0 Å². The summed E-state index contributed by atoms with van der Waals surface area (Å²) < 4.78 is 0. The minimum Gasteiger partial charge on any atom is -0.399 e. The highest BCUT2D eigenvalue weighted by Gasteiger charge is 2.17. The van der Waals surface area contributed by atoms with Gasteiger partial charge >= 0.3 is 0 Å². The van der Waals surface area contributed by atoms with Gasteiger partial charge < -0.3 is 16.4 Å². The Morgan fingerprint density at radius 1 is 1.21 bits per heavy atom. The third-order valence-corrected chi connectivity index (χ3v) is 3.28. The molecule has 3 rings (SSSR count). The number of fused-ring (bicyclic) bond motifs is 1. The number of benzene rings is 2. The van der Waals surface area contributed by atoms with Crippen molar-refractivity contribution in [3.05, 3.63) is 47.5 Å². The molecule has 0 unspecified atom stereocenters. The Balaban J connectivity index is 1.90. The Bertz CT molecular complexity index is 664. The minimum absolute atomic E-state index is 0.0484. The Morgan fingerprint density at radius 2 is 2.05 bits per heavy atom. The van der Waals surface area contributed by atoms with E-state index in [0.717, 1.165) is 33.9 Å². The van der Waals surface area contributed by atoms with Crippen LogP contribution in [0, 0.1) is 6.92 Å². The van der Waals surface area contributed by atoms with E-state index in [-0.39, 0.29) is 5.91 Å². The van der Waals surface area contributed by atoms with E-state index in [1.807, 2.05) is 43.3 Å². The number of hydrogen-bond donors (Lipinski definition) is 3. The molecule has 2 aromatic rings. The maximum Gasteiger partial charge on any atom is 0.228 e. The molecule has 0 spiro atoms. The van der Waals surface area contributed by atoms with Crippen LogP contribution in [0.2, 0.25) is 0 Å². The lowest BCUT2D eigenvalue weighted by atomic mass is 10.1. The van der Waals surface area contributed by atoms with E-state index in [1.165, 1.54) is 0 Å². The van der Waals surface area contributed by atoms with Gasteiger partial charge in [0.05, 0.1) is 6.42 Å². The number of carbonyl (C=O) groups excluding carboxylic acids is 1. The zero-order chi connectivity index (χ0) is 13.4. The average Bonchev–Trinajstić information content (AvgIpc) is 2.73. The van der Waals surface area contributed by atoms with Crippen LogP contribution in [0.25, 0.3) is 0 Å². The van der Waals surface area contributed by atoms with Crippen LogP contribution in [0.1, 0.15) is 11.1 Å². The molecule has 4 nitrogen and oxygen atoms in total. The molecule has 0 atom stereocenters. The lowest BCUT2D eigenvalue weighted by Gasteiger charge is -2.11. The van der Waals surface area contributed by atoms with Crippen molar-refractivity contribution in [1.82, 2.24) is 0 Å². The van der Waals surface area contributed by atoms with Gasteiger partial charge in [-0.2, -0.15) is 0 Å². The predicted molar refractivity (Wildman–Crippen MR) is 77.6 cm³/mol. The van der Waals surface area contributed by atoms with Gasteiger partial charge in [-0.1, -0.05) is 12.1 Å². The molecule has 96 valence electrons. The molecule has 1 heterocycles. The van der Waals surface area contributed by atoms with Crippen molar-refractivity contribution in [3.63, 3.8) is 0 Å². The molecule has 0 saturated carbocycles. The van der Waals surface area contributed by atoms with Crippen LogP contribution >= 0.6 is 0 Å². The normalized spacial score (nSPS) is 13.0. The van der Waals surface area contributed by atoms with E-state index in [4.69, 9.17) is 5.73 Å².